The van der Waals surface area contributed by atoms with E-state index in [0.29, 0.717) is 15.2 Å². The Morgan fingerprint density at radius 3 is 2.53 bits per heavy atom. The van der Waals surface area contributed by atoms with Crippen LogP contribution in [-0.2, 0) is 0 Å². The number of benzene rings is 2. The van der Waals surface area contributed by atoms with E-state index in [4.69, 9.17) is 16.3 Å². The molecule has 0 N–H and O–H groups in total. The van der Waals surface area contributed by atoms with Crippen molar-refractivity contribution in [3.63, 3.8) is 0 Å². The zero-order valence-corrected chi connectivity index (χ0v) is 12.2. The highest BCUT2D eigenvalue weighted by atomic mass is 79.9. The number of hydrogen-bond acceptors (Lipinski definition) is 3. The summed E-state index contributed by atoms with van der Waals surface area (Å²) in [7, 11) is 0. The van der Waals surface area contributed by atoms with Gasteiger partial charge in [0.15, 0.2) is 0 Å². The molecule has 4 nitrogen and oxygen atoms in total. The number of nitrogens with zero attached hydrogens (tertiary/aromatic N) is 1. The van der Waals surface area contributed by atoms with Gasteiger partial charge >= 0.3 is 5.69 Å². The largest absolute Gasteiger partial charge is 0.450 e. The van der Waals surface area contributed by atoms with Crippen LogP contribution in [0.5, 0.6) is 11.5 Å². The summed E-state index contributed by atoms with van der Waals surface area (Å²) in [4.78, 5) is 10.5. The molecule has 98 valence electrons. The minimum Gasteiger partial charge on any atom is -0.450 e. The van der Waals surface area contributed by atoms with Crippen molar-refractivity contribution in [2.75, 3.05) is 0 Å². The van der Waals surface area contributed by atoms with E-state index in [1.807, 2.05) is 6.92 Å². The molecule has 0 unspecified atom stereocenters. The van der Waals surface area contributed by atoms with Crippen LogP contribution in [0.3, 0.4) is 0 Å². The lowest BCUT2D eigenvalue weighted by Crippen LogP contribution is -1.94. The third-order valence-corrected chi connectivity index (χ3v) is 3.20. The van der Waals surface area contributed by atoms with Crippen LogP contribution >= 0.6 is 27.5 Å². The summed E-state index contributed by atoms with van der Waals surface area (Å²) in [5.74, 6) is 0.730. The van der Waals surface area contributed by atoms with Crippen LogP contribution in [0.2, 0.25) is 5.02 Å². The molecule has 0 aliphatic carbocycles. The van der Waals surface area contributed by atoms with Gasteiger partial charge in [-0.2, -0.15) is 0 Å². The van der Waals surface area contributed by atoms with Gasteiger partial charge in [-0.05, 0) is 42.8 Å². The van der Waals surface area contributed by atoms with Crippen LogP contribution in [0.1, 0.15) is 5.56 Å². The molecule has 0 aliphatic heterocycles. The van der Waals surface area contributed by atoms with Crippen molar-refractivity contribution in [2.45, 2.75) is 6.92 Å². The summed E-state index contributed by atoms with van der Waals surface area (Å²) in [6.07, 6.45) is 0. The number of halogens is 2. The zero-order chi connectivity index (χ0) is 14.0. The monoisotopic (exact) mass is 341 g/mol. The van der Waals surface area contributed by atoms with E-state index < -0.39 is 4.92 Å². The molecule has 2 aromatic rings. The number of hydrogen-bond donors (Lipinski definition) is 0. The number of nitro benzene ring substituents is 1. The lowest BCUT2D eigenvalue weighted by molar-refractivity contribution is -0.385. The second-order valence-corrected chi connectivity index (χ2v) is 5.23. The van der Waals surface area contributed by atoms with Crippen LogP contribution in [0.15, 0.2) is 40.9 Å². The molecule has 0 heterocycles. The van der Waals surface area contributed by atoms with E-state index in [0.717, 1.165) is 5.56 Å². The smallest absolute Gasteiger partial charge is 0.312 e. The van der Waals surface area contributed by atoms with E-state index in [1.54, 1.807) is 30.3 Å². The lowest BCUT2D eigenvalue weighted by atomic mass is 10.2. The highest BCUT2D eigenvalue weighted by Crippen LogP contribution is 2.35. The number of nitro groups is 1. The fourth-order valence-corrected chi connectivity index (χ4v) is 2.14. The molecule has 19 heavy (non-hydrogen) atoms. The van der Waals surface area contributed by atoms with Crippen molar-refractivity contribution in [2.24, 2.45) is 0 Å². The predicted molar refractivity (Wildman–Crippen MR) is 77.1 cm³/mol. The van der Waals surface area contributed by atoms with Crippen LogP contribution < -0.4 is 4.74 Å². The van der Waals surface area contributed by atoms with Gasteiger partial charge in [0.05, 0.1) is 4.92 Å². The average Bonchev–Trinajstić information content (AvgIpc) is 2.34. The first-order valence-corrected chi connectivity index (χ1v) is 6.52. The number of rotatable bonds is 3. The van der Waals surface area contributed by atoms with Crippen molar-refractivity contribution >= 4 is 33.2 Å². The molecule has 6 heteroatoms. The highest BCUT2D eigenvalue weighted by Gasteiger charge is 2.16. The molecule has 2 rings (SSSR count). The maximum Gasteiger partial charge on any atom is 0.312 e. The Balaban J connectivity index is 2.40. The minimum absolute atomic E-state index is 0.0938. The molecule has 0 amide bonds. The Morgan fingerprint density at radius 2 is 1.89 bits per heavy atom. The highest BCUT2D eigenvalue weighted by molar-refractivity contribution is 9.10. The third-order valence-electron chi connectivity index (χ3n) is 2.47. The summed E-state index contributed by atoms with van der Waals surface area (Å²) in [5, 5.41) is 11.6. The molecule has 0 spiro atoms. The lowest BCUT2D eigenvalue weighted by Gasteiger charge is -2.09. The summed E-state index contributed by atoms with van der Waals surface area (Å²) in [6, 6.07) is 9.74. The summed E-state index contributed by atoms with van der Waals surface area (Å²) in [5.41, 5.74) is 0.716. The van der Waals surface area contributed by atoms with Crippen LogP contribution in [0.4, 0.5) is 5.69 Å². The first-order valence-electron chi connectivity index (χ1n) is 5.35. The SMILES string of the molecule is Cc1cc(Cl)ccc1Oc1ccc(Br)cc1[N+](=O)[O-]. The molecule has 0 atom stereocenters. The molecule has 0 aromatic heterocycles. The maximum atomic E-state index is 11.0. The van der Waals surface area contributed by atoms with Gasteiger partial charge in [0.25, 0.3) is 0 Å². The van der Waals surface area contributed by atoms with Crippen molar-refractivity contribution in [3.8, 4) is 11.5 Å². The van der Waals surface area contributed by atoms with E-state index in [-0.39, 0.29) is 11.4 Å². The normalized spacial score (nSPS) is 10.3. The molecule has 0 saturated carbocycles. The first kappa shape index (κ1) is 13.8. The Kier molecular flexibility index (Phi) is 4.07. The molecular formula is C13H9BrClNO3. The molecule has 0 aliphatic rings. The van der Waals surface area contributed by atoms with Gasteiger partial charge in [-0.25, -0.2) is 0 Å². The van der Waals surface area contributed by atoms with E-state index in [2.05, 4.69) is 15.9 Å². The van der Waals surface area contributed by atoms with Crippen molar-refractivity contribution in [1.29, 1.82) is 0 Å². The van der Waals surface area contributed by atoms with Gasteiger partial charge in [0.1, 0.15) is 5.75 Å². The van der Waals surface area contributed by atoms with Gasteiger partial charge in [0, 0.05) is 15.6 Å². The van der Waals surface area contributed by atoms with E-state index in [1.165, 1.54) is 6.07 Å². The Hall–Kier alpha value is -1.59. The van der Waals surface area contributed by atoms with Gasteiger partial charge in [-0.1, -0.05) is 27.5 Å². The van der Waals surface area contributed by atoms with Gasteiger partial charge in [0.2, 0.25) is 5.75 Å². The fourth-order valence-electron chi connectivity index (χ4n) is 1.57. The number of ether oxygens (including phenoxy) is 1. The molecule has 0 bridgehead atoms. The molecule has 0 radical (unpaired) electrons. The third kappa shape index (κ3) is 3.24. The zero-order valence-electron chi connectivity index (χ0n) is 9.89. The molecule has 0 fully saturated rings. The second-order valence-electron chi connectivity index (χ2n) is 3.88. The summed E-state index contributed by atoms with van der Waals surface area (Å²) in [6.45, 7) is 1.83. The van der Waals surface area contributed by atoms with Crippen molar-refractivity contribution < 1.29 is 9.66 Å². The Morgan fingerprint density at radius 1 is 1.21 bits per heavy atom. The van der Waals surface area contributed by atoms with Crippen LogP contribution in [0, 0.1) is 17.0 Å². The average molecular weight is 343 g/mol. The van der Waals surface area contributed by atoms with Gasteiger partial charge in [-0.15, -0.1) is 0 Å². The quantitative estimate of drug-likeness (QED) is 0.575. The second kappa shape index (κ2) is 5.59. The molecule has 0 saturated heterocycles. The Labute approximate surface area is 123 Å². The van der Waals surface area contributed by atoms with Crippen LogP contribution in [0.25, 0.3) is 0 Å². The van der Waals surface area contributed by atoms with Crippen molar-refractivity contribution in [1.82, 2.24) is 0 Å². The van der Waals surface area contributed by atoms with Crippen molar-refractivity contribution in [3.05, 3.63) is 61.6 Å². The molecular weight excluding hydrogens is 334 g/mol. The topological polar surface area (TPSA) is 52.4 Å². The standard InChI is InChI=1S/C13H9BrClNO3/c1-8-6-10(15)3-5-12(8)19-13-4-2-9(14)7-11(13)16(17)18/h2-7H,1H3. The Bertz CT molecular complexity index is 646. The summed E-state index contributed by atoms with van der Waals surface area (Å²) >= 11 is 9.05. The van der Waals surface area contributed by atoms with E-state index in [9.17, 15) is 10.1 Å². The van der Waals surface area contributed by atoms with Crippen LogP contribution in [-0.4, -0.2) is 4.92 Å². The fraction of sp³-hybridized carbons (Fsp3) is 0.0769. The summed E-state index contributed by atoms with van der Waals surface area (Å²) < 4.78 is 6.21. The maximum absolute atomic E-state index is 11.0. The van der Waals surface area contributed by atoms with Gasteiger partial charge < -0.3 is 4.74 Å². The molecule has 2 aromatic carbocycles. The first-order chi connectivity index (χ1) is 8.97. The van der Waals surface area contributed by atoms with E-state index >= 15 is 0 Å². The minimum atomic E-state index is -0.481. The predicted octanol–water partition coefficient (Wildman–Crippen LogP) is 5.11. The van der Waals surface area contributed by atoms with Gasteiger partial charge in [-0.3, -0.25) is 10.1 Å². The number of aryl methyl sites for hydroxylation is 1.